The standard InChI is InChI=1S/C15H24N2O3S/c1-6-20-14(19)12-13(11(5)18)21-15(17-12)16-10(4)8-7-9(2)3/h9-10H,6-8H2,1-5H3,(H,16,17). The second-order valence-electron chi connectivity index (χ2n) is 5.49. The lowest BCUT2D eigenvalue weighted by Gasteiger charge is -2.13. The Bertz CT molecular complexity index is 497. The van der Waals surface area contributed by atoms with Gasteiger partial charge < -0.3 is 10.1 Å². The summed E-state index contributed by atoms with van der Waals surface area (Å²) in [6.45, 7) is 9.86. The molecule has 0 aliphatic heterocycles. The Hall–Kier alpha value is -1.43. The average Bonchev–Trinajstić information content (AvgIpc) is 2.81. The summed E-state index contributed by atoms with van der Waals surface area (Å²) in [5.41, 5.74) is 0.118. The third-order valence-corrected chi connectivity index (χ3v) is 4.05. The van der Waals surface area contributed by atoms with Gasteiger partial charge in [0.15, 0.2) is 16.6 Å². The second-order valence-corrected chi connectivity index (χ2v) is 6.49. The predicted octanol–water partition coefficient (Wildman–Crippen LogP) is 3.76. The molecule has 0 aliphatic rings. The lowest BCUT2D eigenvalue weighted by atomic mass is 10.0. The summed E-state index contributed by atoms with van der Waals surface area (Å²) in [4.78, 5) is 28.0. The van der Waals surface area contributed by atoms with Crippen LogP contribution in [-0.4, -0.2) is 29.4 Å². The number of ketones is 1. The van der Waals surface area contributed by atoms with Crippen molar-refractivity contribution in [3.8, 4) is 0 Å². The summed E-state index contributed by atoms with van der Waals surface area (Å²) >= 11 is 1.21. The van der Waals surface area contributed by atoms with Crippen LogP contribution in [0.3, 0.4) is 0 Å². The van der Waals surface area contributed by atoms with E-state index >= 15 is 0 Å². The van der Waals surface area contributed by atoms with Crippen molar-refractivity contribution in [2.24, 2.45) is 5.92 Å². The third kappa shape index (κ3) is 5.46. The summed E-state index contributed by atoms with van der Waals surface area (Å²) in [7, 11) is 0. The van der Waals surface area contributed by atoms with Crippen LogP contribution in [0.4, 0.5) is 5.13 Å². The van der Waals surface area contributed by atoms with Gasteiger partial charge in [0.2, 0.25) is 0 Å². The molecule has 0 spiro atoms. The Balaban J connectivity index is 2.82. The first-order valence-electron chi connectivity index (χ1n) is 7.30. The zero-order valence-corrected chi connectivity index (χ0v) is 14.2. The number of thiazole rings is 1. The zero-order valence-electron chi connectivity index (χ0n) is 13.4. The minimum atomic E-state index is -0.540. The molecule has 1 aromatic rings. The molecule has 0 saturated heterocycles. The molecule has 1 N–H and O–H groups in total. The maximum absolute atomic E-state index is 11.8. The summed E-state index contributed by atoms with van der Waals surface area (Å²) in [6, 6.07) is 0.244. The number of hydrogen-bond donors (Lipinski definition) is 1. The molecule has 5 nitrogen and oxygen atoms in total. The van der Waals surface area contributed by atoms with E-state index in [4.69, 9.17) is 4.74 Å². The summed E-state index contributed by atoms with van der Waals surface area (Å²) in [6.07, 6.45) is 2.13. The van der Waals surface area contributed by atoms with E-state index in [1.807, 2.05) is 0 Å². The minimum absolute atomic E-state index is 0.118. The van der Waals surface area contributed by atoms with Crippen molar-refractivity contribution >= 4 is 28.2 Å². The van der Waals surface area contributed by atoms with Crippen LogP contribution in [-0.2, 0) is 4.74 Å². The highest BCUT2D eigenvalue weighted by Gasteiger charge is 2.22. The van der Waals surface area contributed by atoms with Crippen LogP contribution in [0.2, 0.25) is 0 Å². The summed E-state index contributed by atoms with van der Waals surface area (Å²) < 4.78 is 4.94. The molecule has 0 aliphatic carbocycles. The van der Waals surface area contributed by atoms with Gasteiger partial charge in [-0.1, -0.05) is 25.2 Å². The van der Waals surface area contributed by atoms with E-state index in [9.17, 15) is 9.59 Å². The van der Waals surface area contributed by atoms with E-state index in [0.717, 1.165) is 12.8 Å². The van der Waals surface area contributed by atoms with E-state index in [0.29, 0.717) is 15.9 Å². The first-order chi connectivity index (χ1) is 9.85. The van der Waals surface area contributed by atoms with Crippen LogP contribution < -0.4 is 5.32 Å². The SMILES string of the molecule is CCOC(=O)c1nc(NC(C)CCC(C)C)sc1C(C)=O. The van der Waals surface area contributed by atoms with Gasteiger partial charge in [-0.2, -0.15) is 0 Å². The van der Waals surface area contributed by atoms with E-state index in [2.05, 4.69) is 31.1 Å². The van der Waals surface area contributed by atoms with Crippen molar-refractivity contribution in [2.75, 3.05) is 11.9 Å². The van der Waals surface area contributed by atoms with Gasteiger partial charge in [0, 0.05) is 13.0 Å². The lowest BCUT2D eigenvalue weighted by molar-refractivity contribution is 0.0517. The third-order valence-electron chi connectivity index (χ3n) is 2.96. The fraction of sp³-hybridized carbons (Fsp3) is 0.667. The smallest absolute Gasteiger partial charge is 0.358 e. The summed E-state index contributed by atoms with van der Waals surface area (Å²) in [5, 5.41) is 3.85. The molecule has 1 aromatic heterocycles. The van der Waals surface area contributed by atoms with E-state index in [1.165, 1.54) is 18.3 Å². The number of anilines is 1. The van der Waals surface area contributed by atoms with Gasteiger partial charge in [-0.25, -0.2) is 9.78 Å². The molecule has 1 atom stereocenters. The van der Waals surface area contributed by atoms with E-state index < -0.39 is 5.97 Å². The number of nitrogens with zero attached hydrogens (tertiary/aromatic N) is 1. The van der Waals surface area contributed by atoms with E-state index in [-0.39, 0.29) is 24.1 Å². The Morgan fingerprint density at radius 3 is 2.48 bits per heavy atom. The molecule has 0 radical (unpaired) electrons. The number of carbonyl (C=O) groups excluding carboxylic acids is 2. The highest BCUT2D eigenvalue weighted by atomic mass is 32.1. The molecule has 6 heteroatoms. The van der Waals surface area contributed by atoms with Crippen molar-refractivity contribution in [3.63, 3.8) is 0 Å². The van der Waals surface area contributed by atoms with Crippen molar-refractivity contribution in [1.82, 2.24) is 4.98 Å². The topological polar surface area (TPSA) is 68.3 Å². The van der Waals surface area contributed by atoms with Crippen LogP contribution in [0.25, 0.3) is 0 Å². The Morgan fingerprint density at radius 2 is 1.95 bits per heavy atom. The van der Waals surface area contributed by atoms with Crippen molar-refractivity contribution < 1.29 is 14.3 Å². The quantitative estimate of drug-likeness (QED) is 0.584. The predicted molar refractivity (Wildman–Crippen MR) is 85.2 cm³/mol. The largest absolute Gasteiger partial charge is 0.461 e. The van der Waals surface area contributed by atoms with Crippen LogP contribution >= 0.6 is 11.3 Å². The van der Waals surface area contributed by atoms with Gasteiger partial charge in [-0.05, 0) is 32.6 Å². The maximum Gasteiger partial charge on any atom is 0.358 e. The molecule has 21 heavy (non-hydrogen) atoms. The van der Waals surface area contributed by atoms with Crippen molar-refractivity contribution in [2.45, 2.75) is 53.5 Å². The highest BCUT2D eigenvalue weighted by Crippen LogP contribution is 2.25. The maximum atomic E-state index is 11.8. The minimum Gasteiger partial charge on any atom is -0.461 e. The Kier molecular flexibility index (Phi) is 6.81. The van der Waals surface area contributed by atoms with E-state index in [1.54, 1.807) is 6.92 Å². The number of Topliss-reactive ketones (excluding diaryl/α,β-unsaturated/α-hetero) is 1. The van der Waals surface area contributed by atoms with Gasteiger partial charge in [-0.3, -0.25) is 4.79 Å². The number of hydrogen-bond acceptors (Lipinski definition) is 6. The molecule has 118 valence electrons. The lowest BCUT2D eigenvalue weighted by Crippen LogP contribution is -2.16. The number of nitrogens with one attached hydrogen (secondary N) is 1. The van der Waals surface area contributed by atoms with Crippen LogP contribution in [0.1, 0.15) is 67.6 Å². The van der Waals surface area contributed by atoms with Crippen LogP contribution in [0, 0.1) is 5.92 Å². The molecule has 0 saturated carbocycles. The average molecular weight is 312 g/mol. The molecular weight excluding hydrogens is 288 g/mol. The van der Waals surface area contributed by atoms with Crippen molar-refractivity contribution in [3.05, 3.63) is 10.6 Å². The van der Waals surface area contributed by atoms with Crippen LogP contribution in [0.15, 0.2) is 0 Å². The van der Waals surface area contributed by atoms with Gasteiger partial charge in [0.05, 0.1) is 6.61 Å². The molecular formula is C15H24N2O3S. The van der Waals surface area contributed by atoms with Crippen LogP contribution in [0.5, 0.6) is 0 Å². The monoisotopic (exact) mass is 312 g/mol. The Labute approximate surface area is 130 Å². The highest BCUT2D eigenvalue weighted by molar-refractivity contribution is 7.17. The van der Waals surface area contributed by atoms with Crippen molar-refractivity contribution in [1.29, 1.82) is 0 Å². The Morgan fingerprint density at radius 1 is 1.29 bits per heavy atom. The fourth-order valence-electron chi connectivity index (χ4n) is 1.82. The second kappa shape index (κ2) is 8.12. The number of ether oxygens (including phenoxy) is 1. The molecule has 1 heterocycles. The van der Waals surface area contributed by atoms with Gasteiger partial charge >= 0.3 is 5.97 Å². The molecule has 1 rings (SSSR count). The number of carbonyl (C=O) groups is 2. The molecule has 1 unspecified atom stereocenters. The first-order valence-corrected chi connectivity index (χ1v) is 8.12. The van der Waals surface area contributed by atoms with Gasteiger partial charge in [0.25, 0.3) is 0 Å². The first kappa shape index (κ1) is 17.6. The normalized spacial score (nSPS) is 12.3. The molecule has 0 aromatic carbocycles. The number of aromatic nitrogens is 1. The zero-order chi connectivity index (χ0) is 16.0. The van der Waals surface area contributed by atoms with Gasteiger partial charge in [-0.15, -0.1) is 0 Å². The van der Waals surface area contributed by atoms with Gasteiger partial charge in [0.1, 0.15) is 4.88 Å². The molecule has 0 amide bonds. The number of esters is 1. The summed E-state index contributed by atoms with van der Waals surface area (Å²) in [5.74, 6) is -0.0614. The molecule has 0 bridgehead atoms. The fourth-order valence-corrected chi connectivity index (χ4v) is 2.78. The number of rotatable bonds is 8. The molecule has 0 fully saturated rings.